The topological polar surface area (TPSA) is 111 Å². The van der Waals surface area contributed by atoms with Crippen LogP contribution in [0, 0.1) is 29.1 Å². The van der Waals surface area contributed by atoms with Crippen LogP contribution in [0.5, 0.6) is 0 Å². The minimum Gasteiger partial charge on any atom is -0.394 e. The maximum atomic E-state index is 13.9. The summed E-state index contributed by atoms with van der Waals surface area (Å²) in [7, 11) is 0. The van der Waals surface area contributed by atoms with Crippen molar-refractivity contribution in [1.29, 1.82) is 0 Å². The number of carbonyl (C=O) groups is 2. The number of fused-ring (bicyclic) bond motifs is 2. The minimum absolute atomic E-state index is 0.0909. The quantitative estimate of drug-likeness (QED) is 0.397. The van der Waals surface area contributed by atoms with E-state index in [0.717, 1.165) is 28.8 Å². The normalized spacial score (nSPS) is 31.7. The number of aliphatic hydroxyl groups is 2. The van der Waals surface area contributed by atoms with Crippen molar-refractivity contribution >= 4 is 17.5 Å². The molecule has 8 atom stereocenters. The SMILES string of the molecule is CC(=O)Nc1cccc(-c2cccc(CN3O[C@@H](CO)[C@@H]([C@H](C)O)[C@H]3C(=O)NC3C[C@H]4C[C@@H]([C@@H]3C)C4(C)C)c2)c1. The van der Waals surface area contributed by atoms with E-state index in [-0.39, 0.29) is 24.5 Å². The van der Waals surface area contributed by atoms with Crippen LogP contribution in [0.15, 0.2) is 48.5 Å². The third-order valence-electron chi connectivity index (χ3n) is 9.84. The number of nitrogens with zero attached hydrogens (tertiary/aromatic N) is 1. The van der Waals surface area contributed by atoms with Gasteiger partial charge in [0.1, 0.15) is 12.1 Å². The lowest BCUT2D eigenvalue weighted by atomic mass is 9.45. The van der Waals surface area contributed by atoms with Gasteiger partial charge in [-0.25, -0.2) is 0 Å². The molecule has 3 saturated carbocycles. The van der Waals surface area contributed by atoms with Crippen LogP contribution in [-0.4, -0.2) is 58.0 Å². The van der Waals surface area contributed by atoms with Crippen molar-refractivity contribution in [2.24, 2.45) is 29.1 Å². The van der Waals surface area contributed by atoms with Gasteiger partial charge < -0.3 is 20.8 Å². The van der Waals surface area contributed by atoms with Crippen LogP contribution in [0.25, 0.3) is 11.1 Å². The highest BCUT2D eigenvalue weighted by Gasteiger charge is 2.57. The maximum absolute atomic E-state index is 13.9. The number of hydroxylamine groups is 2. The van der Waals surface area contributed by atoms with Crippen LogP contribution in [0.3, 0.4) is 0 Å². The molecule has 0 spiro atoms. The number of amides is 2. The van der Waals surface area contributed by atoms with Gasteiger partial charge in [0.25, 0.3) is 0 Å². The second-order valence-electron chi connectivity index (χ2n) is 12.7. The molecule has 1 heterocycles. The van der Waals surface area contributed by atoms with E-state index < -0.39 is 24.2 Å². The predicted molar refractivity (Wildman–Crippen MR) is 154 cm³/mol. The van der Waals surface area contributed by atoms with E-state index in [1.54, 1.807) is 12.0 Å². The summed E-state index contributed by atoms with van der Waals surface area (Å²) in [5, 5.41) is 28.6. The fourth-order valence-electron chi connectivity index (χ4n) is 7.49. The predicted octanol–water partition coefficient (Wildman–Crippen LogP) is 3.97. The molecule has 0 radical (unpaired) electrons. The second-order valence-corrected chi connectivity index (χ2v) is 12.7. The van der Waals surface area contributed by atoms with E-state index >= 15 is 0 Å². The molecule has 2 bridgehead atoms. The fourth-order valence-corrected chi connectivity index (χ4v) is 7.49. The third-order valence-corrected chi connectivity index (χ3v) is 9.84. The Morgan fingerprint density at radius 1 is 1.12 bits per heavy atom. The molecule has 2 amide bonds. The highest BCUT2D eigenvalue weighted by atomic mass is 16.7. The lowest BCUT2D eigenvalue weighted by molar-refractivity contribution is -0.183. The summed E-state index contributed by atoms with van der Waals surface area (Å²) >= 11 is 0. The first-order valence-electron chi connectivity index (χ1n) is 14.5. The third kappa shape index (κ3) is 5.42. The molecule has 4 N–H and O–H groups in total. The Bertz CT molecular complexity index is 1250. The van der Waals surface area contributed by atoms with Gasteiger partial charge in [-0.2, -0.15) is 5.06 Å². The van der Waals surface area contributed by atoms with Crippen LogP contribution in [0.4, 0.5) is 5.69 Å². The Morgan fingerprint density at radius 3 is 2.45 bits per heavy atom. The summed E-state index contributed by atoms with van der Waals surface area (Å²) in [6, 6.07) is 15.0. The van der Waals surface area contributed by atoms with E-state index in [4.69, 9.17) is 4.84 Å². The molecule has 1 unspecified atom stereocenters. The number of carbonyl (C=O) groups excluding carboxylic acids is 2. The zero-order valence-corrected chi connectivity index (χ0v) is 24.1. The summed E-state index contributed by atoms with van der Waals surface area (Å²) < 4.78 is 0. The van der Waals surface area contributed by atoms with Crippen molar-refractivity contribution < 1.29 is 24.6 Å². The van der Waals surface area contributed by atoms with Gasteiger partial charge in [0, 0.05) is 24.6 Å². The minimum atomic E-state index is -0.836. The second kappa shape index (κ2) is 11.2. The van der Waals surface area contributed by atoms with E-state index in [9.17, 15) is 19.8 Å². The summed E-state index contributed by atoms with van der Waals surface area (Å²) in [5.74, 6) is 0.736. The van der Waals surface area contributed by atoms with Crippen molar-refractivity contribution in [2.45, 2.75) is 78.3 Å². The largest absolute Gasteiger partial charge is 0.394 e. The smallest absolute Gasteiger partial charge is 0.240 e. The standard InChI is InChI=1S/C32H43N3O5/c1-18-26-14-24(32(26,4)5)15-27(18)34-31(39)30-29(19(2)37)28(17-36)40-35(30)16-21-8-6-9-22(12-21)23-10-7-11-25(13-23)33-20(3)38/h6-13,18-19,24,26-30,36-37H,14-17H2,1-5H3,(H,33,38)(H,34,39)/t18-,19-,24+,26-,27?,28-,29+,30-/m0/s1. The molecule has 3 aliphatic carbocycles. The van der Waals surface area contributed by atoms with Gasteiger partial charge in [0.2, 0.25) is 11.8 Å². The molecule has 8 heteroatoms. The Labute approximate surface area is 237 Å². The van der Waals surface area contributed by atoms with Crippen molar-refractivity contribution in [3.63, 3.8) is 0 Å². The highest BCUT2D eigenvalue weighted by molar-refractivity contribution is 5.89. The zero-order valence-electron chi connectivity index (χ0n) is 24.1. The zero-order chi connectivity index (χ0) is 28.8. The number of rotatable bonds is 8. The van der Waals surface area contributed by atoms with E-state index in [1.165, 1.54) is 13.3 Å². The molecule has 4 fully saturated rings. The van der Waals surface area contributed by atoms with Gasteiger partial charge in [0.05, 0.1) is 19.3 Å². The van der Waals surface area contributed by atoms with Crippen molar-refractivity contribution in [3.05, 3.63) is 54.1 Å². The van der Waals surface area contributed by atoms with Crippen LogP contribution < -0.4 is 10.6 Å². The van der Waals surface area contributed by atoms with Crippen LogP contribution in [0.2, 0.25) is 0 Å². The van der Waals surface area contributed by atoms with Crippen LogP contribution in [0.1, 0.15) is 53.0 Å². The molecule has 40 heavy (non-hydrogen) atoms. The summed E-state index contributed by atoms with van der Waals surface area (Å²) in [5.41, 5.74) is 3.89. The molecule has 8 nitrogen and oxygen atoms in total. The molecule has 4 aliphatic rings. The molecule has 2 aromatic rings. The molecule has 216 valence electrons. The van der Waals surface area contributed by atoms with Gasteiger partial charge in [0.15, 0.2) is 0 Å². The summed E-state index contributed by atoms with van der Waals surface area (Å²) in [6.07, 6.45) is 0.680. The number of nitrogens with one attached hydrogen (secondary N) is 2. The lowest BCUT2D eigenvalue weighted by Gasteiger charge is -2.62. The number of aliphatic hydroxyl groups excluding tert-OH is 2. The van der Waals surface area contributed by atoms with Gasteiger partial charge in [-0.3, -0.25) is 14.4 Å². The van der Waals surface area contributed by atoms with E-state index in [2.05, 4.69) is 31.4 Å². The Morgan fingerprint density at radius 2 is 1.82 bits per heavy atom. The highest BCUT2D eigenvalue weighted by Crippen LogP contribution is 2.61. The van der Waals surface area contributed by atoms with E-state index in [0.29, 0.717) is 29.7 Å². The first-order chi connectivity index (χ1) is 19.0. The molecular formula is C32H43N3O5. The number of hydrogen-bond acceptors (Lipinski definition) is 6. The Balaban J connectivity index is 1.36. The van der Waals surface area contributed by atoms with Gasteiger partial charge in [-0.1, -0.05) is 51.1 Å². The van der Waals surface area contributed by atoms with E-state index in [1.807, 2.05) is 48.5 Å². The van der Waals surface area contributed by atoms with Crippen molar-refractivity contribution in [2.75, 3.05) is 11.9 Å². The first-order valence-corrected chi connectivity index (χ1v) is 14.5. The van der Waals surface area contributed by atoms with Crippen LogP contribution >= 0.6 is 0 Å². The summed E-state index contributed by atoms with van der Waals surface area (Å²) in [4.78, 5) is 31.5. The molecule has 0 aromatic heterocycles. The molecule has 1 aliphatic heterocycles. The van der Waals surface area contributed by atoms with Gasteiger partial charge in [-0.15, -0.1) is 0 Å². The first kappa shape index (κ1) is 28.7. The monoisotopic (exact) mass is 549 g/mol. The molecular weight excluding hydrogens is 506 g/mol. The van der Waals surface area contributed by atoms with Crippen LogP contribution in [-0.2, 0) is 21.0 Å². The van der Waals surface area contributed by atoms with Gasteiger partial charge >= 0.3 is 0 Å². The molecule has 6 rings (SSSR count). The average Bonchev–Trinajstić information content (AvgIpc) is 3.28. The lowest BCUT2D eigenvalue weighted by Crippen LogP contribution is -2.62. The van der Waals surface area contributed by atoms with Crippen molar-refractivity contribution in [3.8, 4) is 11.1 Å². The Hall–Kier alpha value is -2.78. The molecule has 1 saturated heterocycles. The number of benzene rings is 2. The average molecular weight is 550 g/mol. The van der Waals surface area contributed by atoms with Gasteiger partial charge in [-0.05, 0) is 77.8 Å². The number of anilines is 1. The van der Waals surface area contributed by atoms with Crippen molar-refractivity contribution in [1.82, 2.24) is 10.4 Å². The maximum Gasteiger partial charge on any atom is 0.240 e. The fraction of sp³-hybridized carbons (Fsp3) is 0.562. The number of hydrogen-bond donors (Lipinski definition) is 4. The molecule has 2 aromatic carbocycles. The Kier molecular flexibility index (Phi) is 8.08. The summed E-state index contributed by atoms with van der Waals surface area (Å²) in [6.45, 7) is 10.1.